The Hall–Kier alpha value is -1.72. The number of nitrogens with two attached hydrogens (primary N) is 1. The zero-order chi connectivity index (χ0) is 15.2. The first kappa shape index (κ1) is 15.7. The second kappa shape index (κ2) is 7.33. The molecule has 0 spiro atoms. The molecule has 3 N–H and O–H groups in total. The van der Waals surface area contributed by atoms with Crippen molar-refractivity contribution in [3.8, 4) is 11.5 Å². The Balaban J connectivity index is 1.82. The van der Waals surface area contributed by atoms with Gasteiger partial charge in [0, 0.05) is 4.47 Å². The molecule has 0 saturated heterocycles. The third kappa shape index (κ3) is 4.65. The average molecular weight is 352 g/mol. The number of halogens is 1. The number of para-hydroxylation sites is 2. The van der Waals surface area contributed by atoms with Gasteiger partial charge >= 0.3 is 0 Å². The number of rotatable bonds is 6. The lowest BCUT2D eigenvalue weighted by molar-refractivity contribution is 0.0627. The molecule has 0 aliphatic carbocycles. The van der Waals surface area contributed by atoms with E-state index in [-0.39, 0.29) is 13.2 Å². The molecule has 0 saturated carbocycles. The fraction of sp³-hybridized carbons (Fsp3) is 0.250. The van der Waals surface area contributed by atoms with Gasteiger partial charge < -0.3 is 20.3 Å². The summed E-state index contributed by atoms with van der Waals surface area (Å²) in [5.41, 5.74) is 7.32. The summed E-state index contributed by atoms with van der Waals surface area (Å²) in [6, 6.07) is 12.9. The van der Waals surface area contributed by atoms with Crippen LogP contribution < -0.4 is 15.2 Å². The van der Waals surface area contributed by atoms with Crippen molar-refractivity contribution in [1.29, 1.82) is 0 Å². The van der Waals surface area contributed by atoms with E-state index in [1.165, 1.54) is 0 Å². The predicted molar refractivity (Wildman–Crippen MR) is 86.7 cm³/mol. The van der Waals surface area contributed by atoms with Crippen molar-refractivity contribution in [2.75, 3.05) is 18.9 Å². The molecule has 0 aliphatic rings. The van der Waals surface area contributed by atoms with Crippen molar-refractivity contribution in [1.82, 2.24) is 0 Å². The molecule has 0 fully saturated rings. The summed E-state index contributed by atoms with van der Waals surface area (Å²) >= 11 is 3.40. The largest absolute Gasteiger partial charge is 0.490 e. The molecule has 0 heterocycles. The van der Waals surface area contributed by atoms with Gasteiger partial charge in [-0.05, 0) is 42.8 Å². The Morgan fingerprint density at radius 2 is 1.76 bits per heavy atom. The predicted octanol–water partition coefficient (Wildman–Crippen LogP) is 3.16. The van der Waals surface area contributed by atoms with E-state index in [2.05, 4.69) is 15.9 Å². The van der Waals surface area contributed by atoms with Crippen molar-refractivity contribution < 1.29 is 14.6 Å². The van der Waals surface area contributed by atoms with Gasteiger partial charge in [-0.1, -0.05) is 28.1 Å². The molecule has 2 aromatic carbocycles. The molecular formula is C16H18BrNO3. The lowest BCUT2D eigenvalue weighted by Gasteiger charge is -2.15. The first-order valence-corrected chi connectivity index (χ1v) is 7.40. The van der Waals surface area contributed by atoms with Gasteiger partial charge in [-0.25, -0.2) is 0 Å². The Kier molecular flexibility index (Phi) is 5.47. The smallest absolute Gasteiger partial charge is 0.142 e. The minimum absolute atomic E-state index is 0.129. The first-order valence-electron chi connectivity index (χ1n) is 6.60. The molecule has 0 aliphatic heterocycles. The van der Waals surface area contributed by atoms with E-state index in [4.69, 9.17) is 15.2 Å². The van der Waals surface area contributed by atoms with Crippen molar-refractivity contribution in [3.63, 3.8) is 0 Å². The SMILES string of the molecule is Cc1cc(Br)ccc1OCC(O)COc1ccccc1N. The summed E-state index contributed by atoms with van der Waals surface area (Å²) in [5, 5.41) is 9.91. The van der Waals surface area contributed by atoms with Crippen LogP contribution in [0.2, 0.25) is 0 Å². The summed E-state index contributed by atoms with van der Waals surface area (Å²) in [7, 11) is 0. The van der Waals surface area contributed by atoms with Gasteiger partial charge in [-0.2, -0.15) is 0 Å². The van der Waals surface area contributed by atoms with Crippen LogP contribution in [-0.4, -0.2) is 24.4 Å². The lowest BCUT2D eigenvalue weighted by atomic mass is 10.2. The summed E-state index contributed by atoms with van der Waals surface area (Å²) in [4.78, 5) is 0. The molecule has 1 unspecified atom stereocenters. The van der Waals surface area contributed by atoms with Gasteiger partial charge in [0.2, 0.25) is 0 Å². The van der Waals surface area contributed by atoms with Crippen LogP contribution in [-0.2, 0) is 0 Å². The number of aliphatic hydroxyl groups is 1. The average Bonchev–Trinajstić information content (AvgIpc) is 2.45. The molecule has 0 radical (unpaired) electrons. The molecule has 4 nitrogen and oxygen atoms in total. The van der Waals surface area contributed by atoms with E-state index in [9.17, 15) is 5.11 Å². The van der Waals surface area contributed by atoms with Gasteiger partial charge in [0.05, 0.1) is 5.69 Å². The van der Waals surface area contributed by atoms with Gasteiger partial charge in [-0.3, -0.25) is 0 Å². The van der Waals surface area contributed by atoms with E-state index in [1.807, 2.05) is 37.3 Å². The Morgan fingerprint density at radius 3 is 2.43 bits per heavy atom. The molecule has 1 atom stereocenters. The van der Waals surface area contributed by atoms with Crippen LogP contribution in [0, 0.1) is 6.92 Å². The standard InChI is InChI=1S/C16H18BrNO3/c1-11-8-12(17)6-7-15(11)20-9-13(19)10-21-16-5-3-2-4-14(16)18/h2-8,13,19H,9-10,18H2,1H3. The highest BCUT2D eigenvalue weighted by atomic mass is 79.9. The quantitative estimate of drug-likeness (QED) is 0.784. The highest BCUT2D eigenvalue weighted by Gasteiger charge is 2.09. The molecule has 2 rings (SSSR count). The molecule has 5 heteroatoms. The third-order valence-electron chi connectivity index (χ3n) is 2.92. The maximum atomic E-state index is 9.91. The molecule has 112 valence electrons. The minimum atomic E-state index is -0.729. The molecule has 0 amide bonds. The molecule has 0 aromatic heterocycles. The lowest BCUT2D eigenvalue weighted by Crippen LogP contribution is -2.25. The zero-order valence-corrected chi connectivity index (χ0v) is 13.3. The first-order chi connectivity index (χ1) is 10.1. The normalized spacial score (nSPS) is 12.0. The molecule has 0 bridgehead atoms. The second-order valence-electron chi connectivity index (χ2n) is 4.72. The number of aryl methyl sites for hydroxylation is 1. The van der Waals surface area contributed by atoms with Crippen molar-refractivity contribution in [2.45, 2.75) is 13.0 Å². The monoisotopic (exact) mass is 351 g/mol. The van der Waals surface area contributed by atoms with Gasteiger partial charge in [-0.15, -0.1) is 0 Å². The van der Waals surface area contributed by atoms with Crippen LogP contribution in [0.4, 0.5) is 5.69 Å². The Labute approximate surface area is 132 Å². The van der Waals surface area contributed by atoms with Crippen molar-refractivity contribution >= 4 is 21.6 Å². The maximum absolute atomic E-state index is 9.91. The van der Waals surface area contributed by atoms with Crippen LogP contribution in [0.25, 0.3) is 0 Å². The van der Waals surface area contributed by atoms with E-state index in [1.54, 1.807) is 12.1 Å². The fourth-order valence-corrected chi connectivity index (χ4v) is 2.28. The van der Waals surface area contributed by atoms with Crippen LogP contribution in [0.1, 0.15) is 5.56 Å². The highest BCUT2D eigenvalue weighted by Crippen LogP contribution is 2.23. The number of nitrogen functional groups attached to an aromatic ring is 1. The summed E-state index contributed by atoms with van der Waals surface area (Å²) in [6.45, 7) is 2.24. The maximum Gasteiger partial charge on any atom is 0.142 e. The zero-order valence-electron chi connectivity index (χ0n) is 11.8. The molecule has 21 heavy (non-hydrogen) atoms. The number of hydrogen-bond donors (Lipinski definition) is 2. The van der Waals surface area contributed by atoms with Crippen molar-refractivity contribution in [2.24, 2.45) is 0 Å². The van der Waals surface area contributed by atoms with Crippen molar-refractivity contribution in [3.05, 3.63) is 52.5 Å². The Morgan fingerprint density at radius 1 is 1.10 bits per heavy atom. The van der Waals surface area contributed by atoms with E-state index in [0.717, 1.165) is 15.8 Å². The molecule has 2 aromatic rings. The second-order valence-corrected chi connectivity index (χ2v) is 5.64. The van der Waals surface area contributed by atoms with E-state index in [0.29, 0.717) is 11.4 Å². The van der Waals surface area contributed by atoms with Crippen LogP contribution in [0.3, 0.4) is 0 Å². The van der Waals surface area contributed by atoms with Gasteiger partial charge in [0.1, 0.15) is 30.8 Å². The highest BCUT2D eigenvalue weighted by molar-refractivity contribution is 9.10. The topological polar surface area (TPSA) is 64.7 Å². The van der Waals surface area contributed by atoms with Gasteiger partial charge in [0.25, 0.3) is 0 Å². The summed E-state index contributed by atoms with van der Waals surface area (Å²) in [6.07, 6.45) is -0.729. The van der Waals surface area contributed by atoms with E-state index < -0.39 is 6.10 Å². The number of benzene rings is 2. The molecular weight excluding hydrogens is 334 g/mol. The van der Waals surface area contributed by atoms with Crippen LogP contribution in [0.5, 0.6) is 11.5 Å². The number of anilines is 1. The number of ether oxygens (including phenoxy) is 2. The number of aliphatic hydroxyl groups excluding tert-OH is 1. The van der Waals surface area contributed by atoms with Gasteiger partial charge in [0.15, 0.2) is 0 Å². The minimum Gasteiger partial charge on any atom is -0.490 e. The third-order valence-corrected chi connectivity index (χ3v) is 3.41. The summed E-state index contributed by atoms with van der Waals surface area (Å²) < 4.78 is 12.1. The number of hydrogen-bond acceptors (Lipinski definition) is 4. The van der Waals surface area contributed by atoms with E-state index >= 15 is 0 Å². The Bertz CT molecular complexity index is 604. The van der Waals surface area contributed by atoms with Crippen LogP contribution in [0.15, 0.2) is 46.9 Å². The summed E-state index contributed by atoms with van der Waals surface area (Å²) in [5.74, 6) is 1.31. The fourth-order valence-electron chi connectivity index (χ4n) is 1.81. The van der Waals surface area contributed by atoms with Crippen LogP contribution >= 0.6 is 15.9 Å².